The van der Waals surface area contributed by atoms with Crippen molar-refractivity contribution in [2.24, 2.45) is 0 Å². The van der Waals surface area contributed by atoms with Crippen LogP contribution in [0, 0.1) is 0 Å². The molecule has 2 aromatic rings. The first-order valence-corrected chi connectivity index (χ1v) is 9.30. The number of nitrogens with one attached hydrogen (secondary N) is 1. The quantitative estimate of drug-likeness (QED) is 0.836. The third-order valence-corrected chi connectivity index (χ3v) is 5.85. The fourth-order valence-corrected chi connectivity index (χ4v) is 4.25. The van der Waals surface area contributed by atoms with Crippen molar-refractivity contribution in [2.45, 2.75) is 37.5 Å². The maximum atomic E-state index is 12.3. The molecule has 0 fully saturated rings. The lowest BCUT2D eigenvalue weighted by Gasteiger charge is -2.07. The number of aromatic nitrogens is 2. The van der Waals surface area contributed by atoms with E-state index in [0.29, 0.717) is 11.7 Å². The van der Waals surface area contributed by atoms with Gasteiger partial charge >= 0.3 is 0 Å². The van der Waals surface area contributed by atoms with Crippen molar-refractivity contribution >= 4 is 26.5 Å². The van der Waals surface area contributed by atoms with Crippen molar-refractivity contribution in [3.8, 4) is 5.75 Å². The van der Waals surface area contributed by atoms with Crippen LogP contribution in [-0.4, -0.2) is 25.7 Å². The molecule has 1 heterocycles. The Labute approximate surface area is 134 Å². The van der Waals surface area contributed by atoms with Gasteiger partial charge in [-0.05, 0) is 37.1 Å². The van der Waals surface area contributed by atoms with Crippen molar-refractivity contribution < 1.29 is 13.2 Å². The topological polar surface area (TPSA) is 81.2 Å². The molecule has 0 aliphatic heterocycles. The molecular weight excluding hydrogens is 322 g/mol. The summed E-state index contributed by atoms with van der Waals surface area (Å²) in [6, 6.07) is 6.18. The molecule has 2 rings (SSSR count). The molecule has 22 heavy (non-hydrogen) atoms. The first kappa shape index (κ1) is 16.7. The van der Waals surface area contributed by atoms with E-state index in [1.165, 1.54) is 30.6 Å². The zero-order valence-electron chi connectivity index (χ0n) is 12.7. The van der Waals surface area contributed by atoms with Gasteiger partial charge in [0.25, 0.3) is 10.0 Å². The summed E-state index contributed by atoms with van der Waals surface area (Å²) in [4.78, 5) is 0.160. The van der Waals surface area contributed by atoms with Crippen molar-refractivity contribution in [3.63, 3.8) is 0 Å². The summed E-state index contributed by atoms with van der Waals surface area (Å²) in [7, 11) is -2.13. The van der Waals surface area contributed by atoms with Gasteiger partial charge in [0, 0.05) is 5.92 Å². The van der Waals surface area contributed by atoms with Gasteiger partial charge in [-0.3, -0.25) is 4.72 Å². The van der Waals surface area contributed by atoms with Crippen LogP contribution in [-0.2, 0) is 10.0 Å². The fraction of sp³-hybridized carbons (Fsp3) is 0.429. The van der Waals surface area contributed by atoms with E-state index in [1.54, 1.807) is 12.1 Å². The van der Waals surface area contributed by atoms with Crippen molar-refractivity contribution in [1.82, 2.24) is 10.2 Å². The molecule has 0 radical (unpaired) electrons. The largest absolute Gasteiger partial charge is 0.497 e. The minimum absolute atomic E-state index is 0.160. The van der Waals surface area contributed by atoms with Gasteiger partial charge in [-0.15, -0.1) is 10.2 Å². The fourth-order valence-electron chi connectivity index (χ4n) is 2.01. The number of hydrogen-bond donors (Lipinski definition) is 1. The first-order chi connectivity index (χ1) is 10.5. The van der Waals surface area contributed by atoms with Crippen molar-refractivity contribution in [1.29, 1.82) is 0 Å². The van der Waals surface area contributed by atoms with Crippen LogP contribution in [0.4, 0.5) is 5.13 Å². The molecule has 120 valence electrons. The number of hydrogen-bond acceptors (Lipinski definition) is 6. The predicted octanol–water partition coefficient (Wildman–Crippen LogP) is 3.25. The van der Waals surface area contributed by atoms with Crippen LogP contribution < -0.4 is 9.46 Å². The molecule has 1 aromatic heterocycles. The number of methoxy groups -OCH3 is 1. The molecule has 1 N–H and O–H groups in total. The van der Waals surface area contributed by atoms with E-state index in [2.05, 4.69) is 28.8 Å². The maximum Gasteiger partial charge on any atom is 0.263 e. The number of rotatable bonds is 7. The molecule has 0 amide bonds. The van der Waals surface area contributed by atoms with Gasteiger partial charge in [-0.2, -0.15) is 0 Å². The Morgan fingerprint density at radius 3 is 2.36 bits per heavy atom. The number of nitrogens with zero attached hydrogens (tertiary/aromatic N) is 2. The summed E-state index contributed by atoms with van der Waals surface area (Å²) in [5.41, 5.74) is 0. The summed E-state index contributed by atoms with van der Waals surface area (Å²) in [5.74, 6) is 0.919. The molecule has 0 aliphatic carbocycles. The molecule has 0 spiro atoms. The molecule has 8 heteroatoms. The highest BCUT2D eigenvalue weighted by Crippen LogP contribution is 2.29. The summed E-state index contributed by atoms with van der Waals surface area (Å²) in [5, 5.41) is 9.16. The van der Waals surface area contributed by atoms with Gasteiger partial charge in [0.2, 0.25) is 5.13 Å². The smallest absolute Gasteiger partial charge is 0.263 e. The summed E-state index contributed by atoms with van der Waals surface area (Å²) >= 11 is 1.28. The second-order valence-electron chi connectivity index (χ2n) is 4.74. The number of sulfonamides is 1. The third-order valence-electron chi connectivity index (χ3n) is 3.37. The lowest BCUT2D eigenvalue weighted by Crippen LogP contribution is -2.12. The molecule has 0 saturated carbocycles. The van der Waals surface area contributed by atoms with E-state index in [1.807, 2.05) is 0 Å². The zero-order valence-corrected chi connectivity index (χ0v) is 14.4. The Morgan fingerprint density at radius 1 is 1.18 bits per heavy atom. The molecule has 0 bridgehead atoms. The molecule has 1 aromatic carbocycles. The van der Waals surface area contributed by atoms with E-state index < -0.39 is 10.0 Å². The van der Waals surface area contributed by atoms with E-state index in [-0.39, 0.29) is 10.0 Å². The highest BCUT2D eigenvalue weighted by molar-refractivity contribution is 7.93. The van der Waals surface area contributed by atoms with E-state index in [4.69, 9.17) is 4.74 Å². The summed E-state index contributed by atoms with van der Waals surface area (Å²) in [6.07, 6.45) is 1.91. The van der Waals surface area contributed by atoms with Gasteiger partial charge in [0.15, 0.2) is 0 Å². The molecule has 0 atom stereocenters. The lowest BCUT2D eigenvalue weighted by atomic mass is 10.1. The Kier molecular flexibility index (Phi) is 5.36. The summed E-state index contributed by atoms with van der Waals surface area (Å²) < 4.78 is 32.1. The molecule has 6 nitrogen and oxygen atoms in total. The molecule has 0 unspecified atom stereocenters. The third kappa shape index (κ3) is 3.75. The van der Waals surface area contributed by atoms with E-state index >= 15 is 0 Å². The van der Waals surface area contributed by atoms with Crippen molar-refractivity contribution in [3.05, 3.63) is 29.3 Å². The normalized spacial score (nSPS) is 11.6. The van der Waals surface area contributed by atoms with Gasteiger partial charge in [0.05, 0.1) is 12.0 Å². The van der Waals surface area contributed by atoms with Crippen LogP contribution in [0.2, 0.25) is 0 Å². The molecule has 0 aliphatic rings. The Balaban J connectivity index is 2.17. The van der Waals surface area contributed by atoms with Crippen LogP contribution in [0.1, 0.15) is 37.6 Å². The van der Waals surface area contributed by atoms with Crippen LogP contribution in [0.5, 0.6) is 5.75 Å². The molecule has 0 saturated heterocycles. The highest BCUT2D eigenvalue weighted by atomic mass is 32.2. The van der Waals surface area contributed by atoms with Crippen LogP contribution >= 0.6 is 11.3 Å². The van der Waals surface area contributed by atoms with Gasteiger partial charge in [-0.25, -0.2) is 8.42 Å². The van der Waals surface area contributed by atoms with E-state index in [0.717, 1.165) is 17.8 Å². The van der Waals surface area contributed by atoms with E-state index in [9.17, 15) is 8.42 Å². The summed E-state index contributed by atoms with van der Waals surface area (Å²) in [6.45, 7) is 4.16. The average molecular weight is 341 g/mol. The van der Waals surface area contributed by atoms with Crippen LogP contribution in [0.3, 0.4) is 0 Å². The number of benzene rings is 1. The zero-order chi connectivity index (χ0) is 16.2. The second kappa shape index (κ2) is 7.06. The van der Waals surface area contributed by atoms with Gasteiger partial charge in [0.1, 0.15) is 10.8 Å². The van der Waals surface area contributed by atoms with Crippen LogP contribution in [0.25, 0.3) is 0 Å². The average Bonchev–Trinajstić information content (AvgIpc) is 2.96. The Morgan fingerprint density at radius 2 is 1.82 bits per heavy atom. The second-order valence-corrected chi connectivity index (χ2v) is 7.43. The van der Waals surface area contributed by atoms with Crippen LogP contribution in [0.15, 0.2) is 29.2 Å². The van der Waals surface area contributed by atoms with Crippen molar-refractivity contribution in [2.75, 3.05) is 11.8 Å². The van der Waals surface area contributed by atoms with Gasteiger partial charge in [-0.1, -0.05) is 25.2 Å². The predicted molar refractivity (Wildman–Crippen MR) is 87.0 cm³/mol. The lowest BCUT2D eigenvalue weighted by molar-refractivity contribution is 0.414. The Hall–Kier alpha value is -1.67. The number of ether oxygens (including phenoxy) is 1. The monoisotopic (exact) mass is 341 g/mol. The van der Waals surface area contributed by atoms with Gasteiger partial charge < -0.3 is 4.74 Å². The number of anilines is 1. The highest BCUT2D eigenvalue weighted by Gasteiger charge is 2.19. The first-order valence-electron chi connectivity index (χ1n) is 7.00. The standard InChI is InChI=1S/C14H19N3O3S2/c1-4-10(5-2)13-15-16-14(21-13)17-22(18,19)12-8-6-11(20-3)7-9-12/h6-10H,4-5H2,1-3H3,(H,16,17). The Bertz CT molecular complexity index is 707. The maximum absolute atomic E-state index is 12.3. The SMILES string of the molecule is CCC(CC)c1nnc(NS(=O)(=O)c2ccc(OC)cc2)s1. The minimum Gasteiger partial charge on any atom is -0.497 e. The molecular formula is C14H19N3O3S2. The minimum atomic E-state index is -3.66.